The number of benzene rings is 1. The number of carbonyl (C=O) groups is 3. The SMILES string of the molecule is NCCC(=O)NCCCCN1C(=O)c2ccccc2C1=O. The van der Waals surface area contributed by atoms with E-state index in [1.807, 2.05) is 0 Å². The molecular formula is C15H19N3O3. The van der Waals surface area contributed by atoms with Crippen molar-refractivity contribution in [1.82, 2.24) is 10.2 Å². The predicted molar refractivity (Wildman–Crippen MR) is 77.7 cm³/mol. The van der Waals surface area contributed by atoms with Gasteiger partial charge in [-0.1, -0.05) is 12.1 Å². The molecule has 3 amide bonds. The van der Waals surface area contributed by atoms with Crippen LogP contribution in [0.15, 0.2) is 24.3 Å². The van der Waals surface area contributed by atoms with E-state index in [0.717, 1.165) is 0 Å². The normalized spacial score (nSPS) is 13.5. The van der Waals surface area contributed by atoms with Gasteiger partial charge in [0.25, 0.3) is 11.8 Å². The van der Waals surface area contributed by atoms with Gasteiger partial charge in [-0.25, -0.2) is 0 Å². The molecule has 6 nitrogen and oxygen atoms in total. The van der Waals surface area contributed by atoms with Gasteiger partial charge in [-0.2, -0.15) is 0 Å². The van der Waals surface area contributed by atoms with Gasteiger partial charge in [0, 0.05) is 26.1 Å². The minimum absolute atomic E-state index is 0.0711. The van der Waals surface area contributed by atoms with Gasteiger partial charge in [0.2, 0.25) is 5.91 Å². The van der Waals surface area contributed by atoms with Gasteiger partial charge in [-0.3, -0.25) is 19.3 Å². The van der Waals surface area contributed by atoms with Crippen molar-refractivity contribution in [3.8, 4) is 0 Å². The van der Waals surface area contributed by atoms with Crippen molar-refractivity contribution in [2.75, 3.05) is 19.6 Å². The topological polar surface area (TPSA) is 92.5 Å². The number of nitrogens with zero attached hydrogens (tertiary/aromatic N) is 1. The minimum Gasteiger partial charge on any atom is -0.356 e. The fraction of sp³-hybridized carbons (Fsp3) is 0.400. The highest BCUT2D eigenvalue weighted by Gasteiger charge is 2.34. The Morgan fingerprint density at radius 2 is 1.71 bits per heavy atom. The van der Waals surface area contributed by atoms with Crippen LogP contribution in [0.4, 0.5) is 0 Å². The summed E-state index contributed by atoms with van der Waals surface area (Å²) in [7, 11) is 0. The lowest BCUT2D eigenvalue weighted by molar-refractivity contribution is -0.120. The number of nitrogens with one attached hydrogen (secondary N) is 1. The Labute approximate surface area is 123 Å². The van der Waals surface area contributed by atoms with Gasteiger partial charge < -0.3 is 11.1 Å². The number of imide groups is 1. The zero-order valence-corrected chi connectivity index (χ0v) is 11.8. The van der Waals surface area contributed by atoms with E-state index in [2.05, 4.69) is 5.32 Å². The summed E-state index contributed by atoms with van der Waals surface area (Å²) < 4.78 is 0. The molecule has 1 aromatic rings. The molecule has 1 heterocycles. The molecule has 0 aliphatic carbocycles. The molecule has 1 aromatic carbocycles. The zero-order chi connectivity index (χ0) is 15.2. The fourth-order valence-corrected chi connectivity index (χ4v) is 2.28. The molecule has 0 saturated heterocycles. The van der Waals surface area contributed by atoms with Crippen molar-refractivity contribution in [2.45, 2.75) is 19.3 Å². The summed E-state index contributed by atoms with van der Waals surface area (Å²) in [6.45, 7) is 1.24. The van der Waals surface area contributed by atoms with E-state index in [1.54, 1.807) is 24.3 Å². The molecule has 0 unspecified atom stereocenters. The first-order chi connectivity index (χ1) is 10.1. The lowest BCUT2D eigenvalue weighted by Crippen LogP contribution is -2.31. The van der Waals surface area contributed by atoms with E-state index >= 15 is 0 Å². The summed E-state index contributed by atoms with van der Waals surface area (Å²) >= 11 is 0. The number of carbonyl (C=O) groups excluding carboxylic acids is 3. The number of unbranched alkanes of at least 4 members (excludes halogenated alkanes) is 1. The summed E-state index contributed by atoms with van der Waals surface area (Å²) in [4.78, 5) is 36.6. The number of amides is 3. The second kappa shape index (κ2) is 6.99. The largest absolute Gasteiger partial charge is 0.356 e. The first-order valence-corrected chi connectivity index (χ1v) is 7.07. The molecule has 1 aliphatic rings. The third-order valence-electron chi connectivity index (χ3n) is 3.38. The van der Waals surface area contributed by atoms with E-state index in [0.29, 0.717) is 50.0 Å². The molecule has 2 rings (SSSR count). The van der Waals surface area contributed by atoms with Crippen LogP contribution in [0.2, 0.25) is 0 Å². The molecule has 0 radical (unpaired) electrons. The molecule has 0 fully saturated rings. The van der Waals surface area contributed by atoms with Gasteiger partial charge in [0.1, 0.15) is 0 Å². The van der Waals surface area contributed by atoms with E-state index in [1.165, 1.54) is 4.90 Å². The van der Waals surface area contributed by atoms with Gasteiger partial charge in [0.15, 0.2) is 0 Å². The number of hydrogen-bond donors (Lipinski definition) is 2. The van der Waals surface area contributed by atoms with Crippen LogP contribution in [0.5, 0.6) is 0 Å². The maximum absolute atomic E-state index is 12.1. The van der Waals surface area contributed by atoms with Crippen LogP contribution in [-0.2, 0) is 4.79 Å². The van der Waals surface area contributed by atoms with Crippen molar-refractivity contribution in [3.63, 3.8) is 0 Å². The Bertz CT molecular complexity index is 522. The summed E-state index contributed by atoms with van der Waals surface area (Å²) in [6.07, 6.45) is 1.69. The second-order valence-electron chi connectivity index (χ2n) is 4.90. The molecular weight excluding hydrogens is 270 g/mol. The van der Waals surface area contributed by atoms with Crippen LogP contribution in [0.1, 0.15) is 40.0 Å². The van der Waals surface area contributed by atoms with Crippen LogP contribution in [0.3, 0.4) is 0 Å². The number of nitrogens with two attached hydrogens (primary N) is 1. The summed E-state index contributed by atoms with van der Waals surface area (Å²) in [5, 5.41) is 2.74. The molecule has 21 heavy (non-hydrogen) atoms. The molecule has 1 aliphatic heterocycles. The average molecular weight is 289 g/mol. The number of hydrogen-bond acceptors (Lipinski definition) is 4. The highest BCUT2D eigenvalue weighted by molar-refractivity contribution is 6.21. The third-order valence-corrected chi connectivity index (χ3v) is 3.38. The summed E-state index contributed by atoms with van der Waals surface area (Å²) in [6, 6.07) is 6.84. The van der Waals surface area contributed by atoms with Crippen molar-refractivity contribution >= 4 is 17.7 Å². The van der Waals surface area contributed by atoms with Gasteiger partial charge >= 0.3 is 0 Å². The third kappa shape index (κ3) is 3.46. The molecule has 112 valence electrons. The van der Waals surface area contributed by atoms with Crippen LogP contribution in [-0.4, -0.2) is 42.3 Å². The van der Waals surface area contributed by atoms with E-state index in [-0.39, 0.29) is 17.7 Å². The van der Waals surface area contributed by atoms with Crippen molar-refractivity contribution < 1.29 is 14.4 Å². The van der Waals surface area contributed by atoms with Crippen molar-refractivity contribution in [2.24, 2.45) is 5.73 Å². The maximum Gasteiger partial charge on any atom is 0.261 e. The molecule has 0 bridgehead atoms. The summed E-state index contributed by atoms with van der Waals surface area (Å²) in [5.74, 6) is -0.538. The molecule has 6 heteroatoms. The lowest BCUT2D eigenvalue weighted by atomic mass is 10.1. The van der Waals surface area contributed by atoms with Gasteiger partial charge in [-0.15, -0.1) is 0 Å². The van der Waals surface area contributed by atoms with Gasteiger partial charge in [0.05, 0.1) is 11.1 Å². The second-order valence-corrected chi connectivity index (χ2v) is 4.90. The molecule has 0 saturated carbocycles. The Kier molecular flexibility index (Phi) is 5.05. The predicted octanol–water partition coefficient (Wildman–Crippen LogP) is 0.528. The number of rotatable bonds is 7. The standard InChI is InChI=1S/C15H19N3O3/c16-8-7-13(19)17-9-3-4-10-18-14(20)11-5-1-2-6-12(11)15(18)21/h1-2,5-6H,3-4,7-10,16H2,(H,17,19). The monoisotopic (exact) mass is 289 g/mol. The maximum atomic E-state index is 12.1. The van der Waals surface area contributed by atoms with E-state index in [9.17, 15) is 14.4 Å². The van der Waals surface area contributed by atoms with Crippen LogP contribution >= 0.6 is 0 Å². The van der Waals surface area contributed by atoms with E-state index in [4.69, 9.17) is 5.73 Å². The highest BCUT2D eigenvalue weighted by atomic mass is 16.2. The first-order valence-electron chi connectivity index (χ1n) is 7.07. The average Bonchev–Trinajstić information content (AvgIpc) is 2.72. The quantitative estimate of drug-likeness (QED) is 0.565. The smallest absolute Gasteiger partial charge is 0.261 e. The lowest BCUT2D eigenvalue weighted by Gasteiger charge is -2.13. The Morgan fingerprint density at radius 1 is 1.10 bits per heavy atom. The summed E-state index contributed by atoms with van der Waals surface area (Å²) in [5.41, 5.74) is 6.21. The molecule has 0 spiro atoms. The van der Waals surface area contributed by atoms with Crippen LogP contribution in [0, 0.1) is 0 Å². The Balaban J connectivity index is 1.77. The van der Waals surface area contributed by atoms with Crippen LogP contribution < -0.4 is 11.1 Å². The highest BCUT2D eigenvalue weighted by Crippen LogP contribution is 2.22. The Hall–Kier alpha value is -2.21. The van der Waals surface area contributed by atoms with Crippen LogP contribution in [0.25, 0.3) is 0 Å². The Morgan fingerprint density at radius 3 is 2.29 bits per heavy atom. The number of fused-ring (bicyclic) bond motifs is 1. The minimum atomic E-state index is -0.234. The van der Waals surface area contributed by atoms with E-state index < -0.39 is 0 Å². The molecule has 0 aromatic heterocycles. The first kappa shape index (κ1) is 15.2. The zero-order valence-electron chi connectivity index (χ0n) is 11.8. The molecule has 3 N–H and O–H groups in total. The van der Waals surface area contributed by atoms with Crippen molar-refractivity contribution in [3.05, 3.63) is 35.4 Å². The fourth-order valence-electron chi connectivity index (χ4n) is 2.28. The van der Waals surface area contributed by atoms with Gasteiger partial charge in [-0.05, 0) is 25.0 Å². The van der Waals surface area contributed by atoms with Crippen molar-refractivity contribution in [1.29, 1.82) is 0 Å². The molecule has 0 atom stereocenters.